The Morgan fingerprint density at radius 3 is 2.79 bits per heavy atom. The molecule has 0 saturated heterocycles. The van der Waals surface area contributed by atoms with Crippen molar-refractivity contribution in [3.63, 3.8) is 0 Å². The highest BCUT2D eigenvalue weighted by Gasteiger charge is 2.30. The third-order valence-corrected chi connectivity index (χ3v) is 7.73. The number of hydrogen-bond donors (Lipinski definition) is 3. The number of carbonyl (C=O) groups is 2. The van der Waals surface area contributed by atoms with E-state index in [4.69, 9.17) is 12.2 Å². The Labute approximate surface area is 202 Å². The number of benzene rings is 1. The molecular weight excluding hydrogens is 454 g/mol. The molecule has 0 fully saturated rings. The number of hydrogen-bond acceptors (Lipinski definition) is 5. The lowest BCUT2D eigenvalue weighted by atomic mass is 9.72. The van der Waals surface area contributed by atoms with Gasteiger partial charge in [-0.3, -0.25) is 30.1 Å². The zero-order valence-electron chi connectivity index (χ0n) is 19.3. The topological polar surface area (TPSA) is 91.8 Å². The van der Waals surface area contributed by atoms with E-state index in [-0.39, 0.29) is 23.8 Å². The lowest BCUT2D eigenvalue weighted by Gasteiger charge is -2.33. The van der Waals surface area contributed by atoms with Crippen molar-refractivity contribution >= 4 is 35.4 Å². The molecular formula is C24H29N5O2S2. The van der Waals surface area contributed by atoms with Crippen LogP contribution in [0.3, 0.4) is 0 Å². The van der Waals surface area contributed by atoms with Crippen LogP contribution in [0.5, 0.6) is 0 Å². The summed E-state index contributed by atoms with van der Waals surface area (Å²) in [5.74, 6) is 0.496. The van der Waals surface area contributed by atoms with Gasteiger partial charge in [0.2, 0.25) is 0 Å². The van der Waals surface area contributed by atoms with Gasteiger partial charge in [-0.05, 0) is 67.4 Å². The lowest BCUT2D eigenvalue weighted by molar-refractivity contribution is -0.122. The summed E-state index contributed by atoms with van der Waals surface area (Å²) >= 11 is 6.82. The first kappa shape index (κ1) is 23.4. The summed E-state index contributed by atoms with van der Waals surface area (Å²) in [5, 5.41) is 7.01. The van der Waals surface area contributed by atoms with E-state index < -0.39 is 0 Å². The summed E-state index contributed by atoms with van der Waals surface area (Å²) in [4.78, 5) is 27.1. The van der Waals surface area contributed by atoms with E-state index in [2.05, 4.69) is 41.8 Å². The molecule has 33 heavy (non-hydrogen) atoms. The van der Waals surface area contributed by atoms with Gasteiger partial charge in [0.15, 0.2) is 10.6 Å². The Morgan fingerprint density at radius 1 is 1.27 bits per heavy atom. The molecule has 0 spiro atoms. The molecule has 2 amide bonds. The van der Waals surface area contributed by atoms with Crippen molar-refractivity contribution in [3.8, 4) is 11.4 Å². The summed E-state index contributed by atoms with van der Waals surface area (Å²) in [7, 11) is 0. The molecule has 174 valence electrons. The first-order valence-corrected chi connectivity index (χ1v) is 12.3. The van der Waals surface area contributed by atoms with E-state index in [9.17, 15) is 9.59 Å². The minimum atomic E-state index is -0.385. The SMILES string of the molecule is Cc1cccc(-c2n[nH]c(=S)n2CC(=O)NNC(=O)c2cc3c(s2)CCC(C(C)(C)C)C3)c1. The lowest BCUT2D eigenvalue weighted by Crippen LogP contribution is -2.43. The fourth-order valence-corrected chi connectivity index (χ4v) is 5.52. The number of aromatic nitrogens is 3. The zero-order valence-corrected chi connectivity index (χ0v) is 21.0. The highest BCUT2D eigenvalue weighted by Crippen LogP contribution is 2.40. The highest BCUT2D eigenvalue weighted by molar-refractivity contribution is 7.71. The number of fused-ring (bicyclic) bond motifs is 1. The highest BCUT2D eigenvalue weighted by atomic mass is 32.1. The Balaban J connectivity index is 1.39. The molecule has 3 N–H and O–H groups in total. The van der Waals surface area contributed by atoms with Crippen molar-refractivity contribution in [2.24, 2.45) is 11.3 Å². The predicted octanol–water partition coefficient (Wildman–Crippen LogP) is 4.59. The molecule has 3 aromatic rings. The second kappa shape index (κ2) is 9.23. The van der Waals surface area contributed by atoms with Gasteiger partial charge in [-0.2, -0.15) is 5.10 Å². The van der Waals surface area contributed by atoms with Crippen molar-refractivity contribution in [2.75, 3.05) is 0 Å². The van der Waals surface area contributed by atoms with Crippen LogP contribution in [0.1, 0.15) is 52.9 Å². The second-order valence-corrected chi connectivity index (χ2v) is 11.2. The van der Waals surface area contributed by atoms with Gasteiger partial charge in [0.05, 0.1) is 4.88 Å². The van der Waals surface area contributed by atoms with Crippen LogP contribution in [0.4, 0.5) is 0 Å². The normalized spacial score (nSPS) is 15.7. The standard InChI is InChI=1S/C24H29N5O2S2/c1-14-6-5-7-15(10-14)21-26-28-23(32)29(21)13-20(30)25-27-22(31)19-12-16-11-17(24(2,3)4)8-9-18(16)33-19/h5-7,10,12,17H,8-9,11,13H2,1-4H3,(H,25,30)(H,27,31)(H,28,32). The first-order chi connectivity index (χ1) is 15.6. The molecule has 0 radical (unpaired) electrons. The number of aryl methyl sites for hydroxylation is 2. The van der Waals surface area contributed by atoms with Gasteiger partial charge >= 0.3 is 0 Å². The maximum Gasteiger partial charge on any atom is 0.279 e. The van der Waals surface area contributed by atoms with E-state index in [1.807, 2.05) is 37.3 Å². The average Bonchev–Trinajstić information content (AvgIpc) is 3.34. The van der Waals surface area contributed by atoms with E-state index >= 15 is 0 Å². The molecule has 2 aromatic heterocycles. The van der Waals surface area contributed by atoms with E-state index in [1.165, 1.54) is 21.8 Å². The minimum absolute atomic E-state index is 0.0624. The predicted molar refractivity (Wildman–Crippen MR) is 132 cm³/mol. The number of hydrazine groups is 1. The summed E-state index contributed by atoms with van der Waals surface area (Å²) in [6.45, 7) is 8.74. The number of thiophene rings is 1. The molecule has 1 aliphatic carbocycles. The number of nitrogens with one attached hydrogen (secondary N) is 3. The van der Waals surface area contributed by atoms with Crippen molar-refractivity contribution in [1.29, 1.82) is 0 Å². The second-order valence-electron chi connectivity index (χ2n) is 9.68. The van der Waals surface area contributed by atoms with Crippen LogP contribution in [-0.4, -0.2) is 26.6 Å². The number of H-pyrrole nitrogens is 1. The molecule has 4 rings (SSSR count). The van der Waals surface area contributed by atoms with Gasteiger partial charge in [0, 0.05) is 10.4 Å². The molecule has 0 aliphatic heterocycles. The molecule has 7 nitrogen and oxygen atoms in total. The fourth-order valence-electron chi connectivity index (χ4n) is 4.21. The Bertz CT molecular complexity index is 1250. The Morgan fingerprint density at radius 2 is 2.06 bits per heavy atom. The van der Waals surface area contributed by atoms with Crippen molar-refractivity contribution < 1.29 is 9.59 Å². The molecule has 2 heterocycles. The number of amides is 2. The molecule has 1 atom stereocenters. The third-order valence-electron chi connectivity index (χ3n) is 6.18. The zero-order chi connectivity index (χ0) is 23.8. The maximum absolute atomic E-state index is 12.7. The van der Waals surface area contributed by atoms with Gasteiger partial charge in [-0.15, -0.1) is 11.3 Å². The van der Waals surface area contributed by atoms with Gasteiger partial charge in [-0.25, -0.2) is 0 Å². The summed E-state index contributed by atoms with van der Waals surface area (Å²) in [6.07, 6.45) is 3.14. The fraction of sp³-hybridized carbons (Fsp3) is 0.417. The number of rotatable bonds is 4. The Kier molecular flexibility index (Phi) is 6.54. The van der Waals surface area contributed by atoms with Gasteiger partial charge < -0.3 is 0 Å². The van der Waals surface area contributed by atoms with E-state index in [0.29, 0.717) is 21.4 Å². The van der Waals surface area contributed by atoms with Crippen LogP contribution in [0.2, 0.25) is 0 Å². The van der Waals surface area contributed by atoms with E-state index in [1.54, 1.807) is 4.57 Å². The molecule has 1 aromatic carbocycles. The number of nitrogens with zero attached hydrogens (tertiary/aromatic N) is 2. The minimum Gasteiger partial charge on any atom is -0.291 e. The smallest absolute Gasteiger partial charge is 0.279 e. The van der Waals surface area contributed by atoms with Gasteiger partial charge in [-0.1, -0.05) is 44.5 Å². The van der Waals surface area contributed by atoms with Crippen LogP contribution < -0.4 is 10.9 Å². The van der Waals surface area contributed by atoms with Crippen LogP contribution in [0.15, 0.2) is 30.3 Å². The first-order valence-electron chi connectivity index (χ1n) is 11.0. The molecule has 1 aliphatic rings. The largest absolute Gasteiger partial charge is 0.291 e. The monoisotopic (exact) mass is 483 g/mol. The number of aromatic amines is 1. The third kappa shape index (κ3) is 5.25. The quantitative estimate of drug-likeness (QED) is 0.374. The molecule has 9 heteroatoms. The van der Waals surface area contributed by atoms with Crippen LogP contribution in [-0.2, 0) is 24.2 Å². The average molecular weight is 484 g/mol. The number of carbonyl (C=O) groups excluding carboxylic acids is 2. The van der Waals surface area contributed by atoms with E-state index in [0.717, 1.165) is 30.4 Å². The maximum atomic E-state index is 12.7. The van der Waals surface area contributed by atoms with Crippen molar-refractivity contribution in [3.05, 3.63) is 56.0 Å². The molecule has 1 unspecified atom stereocenters. The van der Waals surface area contributed by atoms with Gasteiger partial charge in [0.25, 0.3) is 11.8 Å². The van der Waals surface area contributed by atoms with Crippen molar-refractivity contribution in [1.82, 2.24) is 25.6 Å². The Hall–Kier alpha value is -2.78. The molecule has 0 bridgehead atoms. The van der Waals surface area contributed by atoms with Gasteiger partial charge in [0.1, 0.15) is 6.54 Å². The summed E-state index contributed by atoms with van der Waals surface area (Å²) < 4.78 is 1.95. The molecule has 0 saturated carbocycles. The summed E-state index contributed by atoms with van der Waals surface area (Å²) in [6, 6.07) is 9.78. The van der Waals surface area contributed by atoms with Crippen LogP contribution >= 0.6 is 23.6 Å². The summed E-state index contributed by atoms with van der Waals surface area (Å²) in [5.41, 5.74) is 8.50. The van der Waals surface area contributed by atoms with Crippen molar-refractivity contribution in [2.45, 2.75) is 53.5 Å². The van der Waals surface area contributed by atoms with Crippen LogP contribution in [0, 0.1) is 23.0 Å². The van der Waals surface area contributed by atoms with Crippen LogP contribution in [0.25, 0.3) is 11.4 Å².